The first-order chi connectivity index (χ1) is 8.61. The van der Waals surface area contributed by atoms with Crippen molar-refractivity contribution in [3.05, 3.63) is 34.1 Å². The van der Waals surface area contributed by atoms with Crippen molar-refractivity contribution in [2.24, 2.45) is 5.73 Å². The summed E-state index contributed by atoms with van der Waals surface area (Å²) >= 11 is 11.7. The van der Waals surface area contributed by atoms with Gasteiger partial charge in [-0.25, -0.2) is 0 Å². The lowest BCUT2D eigenvalue weighted by Crippen LogP contribution is -2.17. The van der Waals surface area contributed by atoms with Crippen LogP contribution in [0.4, 0.5) is 0 Å². The van der Waals surface area contributed by atoms with Crippen LogP contribution in [0.3, 0.4) is 0 Å². The first kappa shape index (κ1) is 13.3. The molecular formula is C11H11Cl2N3O2. The number of nitrogens with zero attached hydrogens (tertiary/aromatic N) is 2. The molecule has 96 valence electrons. The van der Waals surface area contributed by atoms with Gasteiger partial charge in [-0.05, 0) is 18.2 Å². The molecule has 2 aromatic rings. The molecule has 0 saturated carbocycles. The van der Waals surface area contributed by atoms with Gasteiger partial charge in [-0.1, -0.05) is 28.4 Å². The van der Waals surface area contributed by atoms with Gasteiger partial charge in [0, 0.05) is 12.7 Å². The van der Waals surface area contributed by atoms with Crippen LogP contribution in [-0.2, 0) is 4.74 Å². The molecule has 0 radical (unpaired) electrons. The summed E-state index contributed by atoms with van der Waals surface area (Å²) in [6.45, 7) is 0.320. The van der Waals surface area contributed by atoms with Crippen molar-refractivity contribution >= 4 is 23.2 Å². The Balaban J connectivity index is 2.26. The quantitative estimate of drug-likeness (QED) is 0.936. The number of rotatable bonds is 4. The van der Waals surface area contributed by atoms with Gasteiger partial charge in [0.1, 0.15) is 0 Å². The predicted molar refractivity (Wildman–Crippen MR) is 68.6 cm³/mol. The number of aromatic nitrogens is 2. The SMILES string of the molecule is COCC(N)c1noc(-c2ccc(Cl)c(Cl)c2)n1. The van der Waals surface area contributed by atoms with Gasteiger partial charge in [-0.3, -0.25) is 0 Å². The number of ether oxygens (including phenoxy) is 1. The number of nitrogens with two attached hydrogens (primary N) is 1. The van der Waals surface area contributed by atoms with Crippen molar-refractivity contribution in [2.75, 3.05) is 13.7 Å². The van der Waals surface area contributed by atoms with Crippen LogP contribution < -0.4 is 5.73 Å². The molecule has 1 aromatic heterocycles. The number of halogens is 2. The Morgan fingerprint density at radius 3 is 2.83 bits per heavy atom. The lowest BCUT2D eigenvalue weighted by molar-refractivity contribution is 0.177. The average Bonchev–Trinajstić information content (AvgIpc) is 2.82. The minimum absolute atomic E-state index is 0.320. The molecule has 0 saturated heterocycles. The van der Waals surface area contributed by atoms with Crippen LogP contribution in [0.15, 0.2) is 22.7 Å². The summed E-state index contributed by atoms with van der Waals surface area (Å²) in [5.74, 6) is 0.730. The molecule has 18 heavy (non-hydrogen) atoms. The van der Waals surface area contributed by atoms with E-state index in [1.165, 1.54) is 0 Å². The molecule has 7 heteroatoms. The van der Waals surface area contributed by atoms with Crippen LogP contribution in [0.25, 0.3) is 11.5 Å². The van der Waals surface area contributed by atoms with Crippen LogP contribution in [0.2, 0.25) is 10.0 Å². The Hall–Kier alpha value is -1.14. The Morgan fingerprint density at radius 1 is 1.39 bits per heavy atom. The third kappa shape index (κ3) is 2.81. The maximum atomic E-state index is 5.92. The summed E-state index contributed by atoms with van der Waals surface area (Å²) in [5, 5.41) is 4.69. The lowest BCUT2D eigenvalue weighted by atomic mass is 10.2. The van der Waals surface area contributed by atoms with Crippen molar-refractivity contribution in [2.45, 2.75) is 6.04 Å². The van der Waals surface area contributed by atoms with Crippen LogP contribution in [0, 0.1) is 0 Å². The molecule has 1 heterocycles. The summed E-state index contributed by atoms with van der Waals surface area (Å²) in [4.78, 5) is 4.19. The number of benzene rings is 1. The van der Waals surface area contributed by atoms with E-state index in [-0.39, 0.29) is 0 Å². The van der Waals surface area contributed by atoms with Crippen molar-refractivity contribution in [3.8, 4) is 11.5 Å². The molecule has 0 bridgehead atoms. The second-order valence-electron chi connectivity index (χ2n) is 3.65. The van der Waals surface area contributed by atoms with Crippen molar-refractivity contribution in [1.82, 2.24) is 10.1 Å². The molecule has 0 aliphatic rings. The van der Waals surface area contributed by atoms with E-state index >= 15 is 0 Å². The molecule has 5 nitrogen and oxygen atoms in total. The minimum atomic E-state index is -0.421. The highest BCUT2D eigenvalue weighted by Gasteiger charge is 2.15. The van der Waals surface area contributed by atoms with Crippen LogP contribution in [0.1, 0.15) is 11.9 Å². The third-order valence-corrected chi connectivity index (χ3v) is 3.03. The fraction of sp³-hybridized carbons (Fsp3) is 0.273. The second-order valence-corrected chi connectivity index (χ2v) is 4.46. The molecule has 1 unspecified atom stereocenters. The summed E-state index contributed by atoms with van der Waals surface area (Å²) in [6.07, 6.45) is 0. The van der Waals surface area contributed by atoms with Gasteiger partial charge in [-0.2, -0.15) is 4.98 Å². The fourth-order valence-corrected chi connectivity index (χ4v) is 1.68. The van der Waals surface area contributed by atoms with Gasteiger partial charge in [0.15, 0.2) is 5.82 Å². The maximum Gasteiger partial charge on any atom is 0.258 e. The highest BCUT2D eigenvalue weighted by Crippen LogP contribution is 2.27. The lowest BCUT2D eigenvalue weighted by Gasteiger charge is -2.03. The summed E-state index contributed by atoms with van der Waals surface area (Å²) in [6, 6.07) is 4.64. The highest BCUT2D eigenvalue weighted by molar-refractivity contribution is 6.42. The number of hydrogen-bond donors (Lipinski definition) is 1. The maximum absolute atomic E-state index is 5.92. The predicted octanol–water partition coefficient (Wildman–Crippen LogP) is 2.69. The molecule has 1 aromatic carbocycles. The van der Waals surface area contributed by atoms with Crippen molar-refractivity contribution in [1.29, 1.82) is 0 Å². The molecule has 1 atom stereocenters. The van der Waals surface area contributed by atoms with E-state index in [0.717, 1.165) is 0 Å². The molecular weight excluding hydrogens is 277 g/mol. The topological polar surface area (TPSA) is 74.2 Å². The largest absolute Gasteiger partial charge is 0.383 e. The minimum Gasteiger partial charge on any atom is -0.383 e. The van der Waals surface area contributed by atoms with Gasteiger partial charge in [0.2, 0.25) is 0 Å². The first-order valence-electron chi connectivity index (χ1n) is 5.15. The zero-order chi connectivity index (χ0) is 13.1. The molecule has 0 spiro atoms. The van der Waals surface area contributed by atoms with Crippen LogP contribution in [-0.4, -0.2) is 23.9 Å². The van der Waals surface area contributed by atoms with E-state index in [1.54, 1.807) is 25.3 Å². The Kier molecular flexibility index (Phi) is 4.19. The fourth-order valence-electron chi connectivity index (χ4n) is 1.39. The number of hydrogen-bond acceptors (Lipinski definition) is 5. The average molecular weight is 288 g/mol. The van der Waals surface area contributed by atoms with E-state index in [2.05, 4.69) is 10.1 Å². The molecule has 0 fully saturated rings. The van der Waals surface area contributed by atoms with Gasteiger partial charge in [-0.15, -0.1) is 0 Å². The summed E-state index contributed by atoms with van der Waals surface area (Å²) in [5.41, 5.74) is 6.48. The summed E-state index contributed by atoms with van der Waals surface area (Å²) < 4.78 is 10.0. The molecule has 0 amide bonds. The van der Waals surface area contributed by atoms with E-state index in [4.69, 9.17) is 38.2 Å². The smallest absolute Gasteiger partial charge is 0.258 e. The first-order valence-corrected chi connectivity index (χ1v) is 5.91. The molecule has 2 rings (SSSR count). The molecule has 0 aliphatic carbocycles. The second kappa shape index (κ2) is 5.67. The van der Waals surface area contributed by atoms with Gasteiger partial charge < -0.3 is 15.0 Å². The van der Waals surface area contributed by atoms with E-state index in [1.807, 2.05) is 0 Å². The molecule has 2 N–H and O–H groups in total. The van der Waals surface area contributed by atoms with Crippen LogP contribution >= 0.6 is 23.2 Å². The van der Waals surface area contributed by atoms with Crippen molar-refractivity contribution in [3.63, 3.8) is 0 Å². The highest BCUT2D eigenvalue weighted by atomic mass is 35.5. The van der Waals surface area contributed by atoms with E-state index in [9.17, 15) is 0 Å². The Labute approximate surface area is 114 Å². The summed E-state index contributed by atoms with van der Waals surface area (Å²) in [7, 11) is 1.56. The Morgan fingerprint density at radius 2 is 2.17 bits per heavy atom. The monoisotopic (exact) mass is 287 g/mol. The van der Waals surface area contributed by atoms with Crippen LogP contribution in [0.5, 0.6) is 0 Å². The Bertz CT molecular complexity index is 545. The standard InChI is InChI=1S/C11H11Cl2N3O2/c1-17-5-9(14)10-15-11(18-16-10)6-2-3-7(12)8(13)4-6/h2-4,9H,5,14H2,1H3. The zero-order valence-electron chi connectivity index (χ0n) is 9.56. The van der Waals surface area contributed by atoms with Gasteiger partial charge in [0.25, 0.3) is 5.89 Å². The van der Waals surface area contributed by atoms with E-state index < -0.39 is 6.04 Å². The third-order valence-electron chi connectivity index (χ3n) is 2.29. The van der Waals surface area contributed by atoms with E-state index in [0.29, 0.717) is 33.9 Å². The molecule has 0 aliphatic heterocycles. The zero-order valence-corrected chi connectivity index (χ0v) is 11.1. The normalized spacial score (nSPS) is 12.7. The van der Waals surface area contributed by atoms with Gasteiger partial charge >= 0.3 is 0 Å². The number of methoxy groups -OCH3 is 1. The van der Waals surface area contributed by atoms with Crippen molar-refractivity contribution < 1.29 is 9.26 Å². The van der Waals surface area contributed by atoms with Gasteiger partial charge in [0.05, 0.1) is 22.7 Å².